The fraction of sp³-hybridized carbons (Fsp3) is 0.417. The van der Waals surface area contributed by atoms with Gasteiger partial charge in [-0.1, -0.05) is 0 Å². The molecular weight excluding hydrogens is 245 g/mol. The SMILES string of the molecule is Nc1cc(C(F)(F)F)ccc1NC(=O)CC1CC1. The molecule has 0 aliphatic heterocycles. The monoisotopic (exact) mass is 258 g/mol. The van der Waals surface area contributed by atoms with Crippen molar-refractivity contribution >= 4 is 17.3 Å². The first-order chi connectivity index (χ1) is 8.36. The van der Waals surface area contributed by atoms with E-state index in [1.165, 1.54) is 6.07 Å². The molecule has 0 spiro atoms. The third-order valence-electron chi connectivity index (χ3n) is 2.82. The van der Waals surface area contributed by atoms with Gasteiger partial charge in [0.2, 0.25) is 5.91 Å². The first-order valence-corrected chi connectivity index (χ1v) is 5.63. The van der Waals surface area contributed by atoms with Crippen molar-refractivity contribution in [3.63, 3.8) is 0 Å². The van der Waals surface area contributed by atoms with E-state index in [4.69, 9.17) is 5.73 Å². The van der Waals surface area contributed by atoms with Gasteiger partial charge in [0, 0.05) is 6.42 Å². The van der Waals surface area contributed by atoms with E-state index in [1.54, 1.807) is 0 Å². The number of hydrogen-bond donors (Lipinski definition) is 2. The van der Waals surface area contributed by atoms with Crippen molar-refractivity contribution in [1.29, 1.82) is 0 Å². The Bertz CT molecular complexity index is 467. The minimum atomic E-state index is -4.43. The number of rotatable bonds is 3. The van der Waals surface area contributed by atoms with E-state index >= 15 is 0 Å². The number of halogens is 3. The molecule has 1 fully saturated rings. The van der Waals surface area contributed by atoms with Crippen LogP contribution in [0.1, 0.15) is 24.8 Å². The quantitative estimate of drug-likeness (QED) is 0.819. The number of alkyl halides is 3. The molecule has 3 N–H and O–H groups in total. The summed E-state index contributed by atoms with van der Waals surface area (Å²) in [7, 11) is 0. The van der Waals surface area contributed by atoms with E-state index in [0.717, 1.165) is 25.0 Å². The summed E-state index contributed by atoms with van der Waals surface area (Å²) in [6, 6.07) is 2.92. The van der Waals surface area contributed by atoms with Crippen LogP contribution in [0.4, 0.5) is 24.5 Å². The molecule has 0 bridgehead atoms. The zero-order chi connectivity index (χ0) is 13.3. The molecule has 2 rings (SSSR count). The summed E-state index contributed by atoms with van der Waals surface area (Å²) in [6.07, 6.45) is -1.95. The molecule has 1 aromatic carbocycles. The van der Waals surface area contributed by atoms with Gasteiger partial charge < -0.3 is 11.1 Å². The van der Waals surface area contributed by atoms with E-state index in [1.807, 2.05) is 0 Å². The van der Waals surface area contributed by atoms with Gasteiger partial charge in [-0.2, -0.15) is 13.2 Å². The summed E-state index contributed by atoms with van der Waals surface area (Å²) in [5, 5.41) is 2.53. The van der Waals surface area contributed by atoms with Gasteiger partial charge in [-0.05, 0) is 37.0 Å². The summed E-state index contributed by atoms with van der Waals surface area (Å²) in [5.41, 5.74) is 4.83. The molecule has 1 saturated carbocycles. The third-order valence-corrected chi connectivity index (χ3v) is 2.82. The Morgan fingerprint density at radius 2 is 2.06 bits per heavy atom. The van der Waals surface area contributed by atoms with Crippen LogP contribution in [0, 0.1) is 5.92 Å². The van der Waals surface area contributed by atoms with E-state index in [-0.39, 0.29) is 17.3 Å². The fourth-order valence-corrected chi connectivity index (χ4v) is 1.64. The lowest BCUT2D eigenvalue weighted by Gasteiger charge is -2.11. The van der Waals surface area contributed by atoms with E-state index in [9.17, 15) is 18.0 Å². The standard InChI is InChI=1S/C12H13F3N2O/c13-12(14,15)8-3-4-10(9(16)6-8)17-11(18)5-7-1-2-7/h3-4,6-7H,1-2,5,16H2,(H,17,18). The van der Waals surface area contributed by atoms with Crippen LogP contribution in [0.2, 0.25) is 0 Å². The number of benzene rings is 1. The first-order valence-electron chi connectivity index (χ1n) is 5.63. The molecule has 3 nitrogen and oxygen atoms in total. The maximum absolute atomic E-state index is 12.4. The third kappa shape index (κ3) is 3.15. The number of amides is 1. The zero-order valence-electron chi connectivity index (χ0n) is 9.55. The molecule has 1 aliphatic rings. The lowest BCUT2D eigenvalue weighted by Crippen LogP contribution is -2.14. The second kappa shape index (κ2) is 4.51. The molecule has 0 unspecified atom stereocenters. The Kier molecular flexibility index (Phi) is 3.19. The summed E-state index contributed by atoms with van der Waals surface area (Å²) >= 11 is 0. The van der Waals surface area contributed by atoms with Crippen molar-refractivity contribution < 1.29 is 18.0 Å². The second-order valence-electron chi connectivity index (χ2n) is 4.50. The molecule has 1 aromatic rings. The average Bonchev–Trinajstić information content (AvgIpc) is 3.03. The van der Waals surface area contributed by atoms with Crippen LogP contribution < -0.4 is 11.1 Å². The van der Waals surface area contributed by atoms with Crippen LogP contribution in [-0.4, -0.2) is 5.91 Å². The van der Waals surface area contributed by atoms with Gasteiger partial charge in [0.1, 0.15) is 0 Å². The van der Waals surface area contributed by atoms with E-state index in [0.29, 0.717) is 12.3 Å². The van der Waals surface area contributed by atoms with Gasteiger partial charge in [-0.25, -0.2) is 0 Å². The van der Waals surface area contributed by atoms with Crippen LogP contribution in [0.5, 0.6) is 0 Å². The fourth-order valence-electron chi connectivity index (χ4n) is 1.64. The van der Waals surface area contributed by atoms with Gasteiger partial charge in [0.05, 0.1) is 16.9 Å². The molecule has 98 valence electrons. The predicted molar refractivity (Wildman–Crippen MR) is 61.8 cm³/mol. The number of anilines is 2. The number of carbonyl (C=O) groups is 1. The summed E-state index contributed by atoms with van der Waals surface area (Å²) < 4.78 is 37.2. The van der Waals surface area contributed by atoms with Crippen molar-refractivity contribution in [2.45, 2.75) is 25.4 Å². The minimum Gasteiger partial charge on any atom is -0.397 e. The molecule has 0 saturated heterocycles. The highest BCUT2D eigenvalue weighted by atomic mass is 19.4. The predicted octanol–water partition coefficient (Wildman–Crippen LogP) is 3.03. The van der Waals surface area contributed by atoms with Crippen molar-refractivity contribution in [1.82, 2.24) is 0 Å². The smallest absolute Gasteiger partial charge is 0.397 e. The molecule has 0 aromatic heterocycles. The van der Waals surface area contributed by atoms with Crippen LogP contribution >= 0.6 is 0 Å². The van der Waals surface area contributed by atoms with Crippen molar-refractivity contribution in [2.24, 2.45) is 5.92 Å². The second-order valence-corrected chi connectivity index (χ2v) is 4.50. The zero-order valence-corrected chi connectivity index (χ0v) is 9.55. The van der Waals surface area contributed by atoms with Crippen molar-refractivity contribution in [3.05, 3.63) is 23.8 Å². The number of nitrogens with two attached hydrogens (primary N) is 1. The van der Waals surface area contributed by atoms with Gasteiger partial charge in [-0.3, -0.25) is 4.79 Å². The van der Waals surface area contributed by atoms with Gasteiger partial charge in [-0.15, -0.1) is 0 Å². The Labute approximate surface area is 102 Å². The van der Waals surface area contributed by atoms with Gasteiger partial charge in [0.15, 0.2) is 0 Å². The summed E-state index contributed by atoms with van der Waals surface area (Å²) in [4.78, 5) is 11.5. The van der Waals surface area contributed by atoms with E-state index in [2.05, 4.69) is 5.32 Å². The molecule has 0 atom stereocenters. The topological polar surface area (TPSA) is 55.1 Å². The number of hydrogen-bond acceptors (Lipinski definition) is 2. The lowest BCUT2D eigenvalue weighted by atomic mass is 10.1. The number of nitrogens with one attached hydrogen (secondary N) is 1. The van der Waals surface area contributed by atoms with Crippen LogP contribution in [0.3, 0.4) is 0 Å². The van der Waals surface area contributed by atoms with Gasteiger partial charge >= 0.3 is 6.18 Å². The number of carbonyl (C=O) groups excluding carboxylic acids is 1. The maximum atomic E-state index is 12.4. The van der Waals surface area contributed by atoms with Crippen LogP contribution in [0.15, 0.2) is 18.2 Å². The Hall–Kier alpha value is -1.72. The van der Waals surface area contributed by atoms with Crippen LogP contribution in [0.25, 0.3) is 0 Å². The van der Waals surface area contributed by atoms with Crippen LogP contribution in [-0.2, 0) is 11.0 Å². The van der Waals surface area contributed by atoms with Crippen molar-refractivity contribution in [2.75, 3.05) is 11.1 Å². The van der Waals surface area contributed by atoms with Crippen molar-refractivity contribution in [3.8, 4) is 0 Å². The Balaban J connectivity index is 2.07. The summed E-state index contributed by atoms with van der Waals surface area (Å²) in [5.74, 6) is 0.213. The highest BCUT2D eigenvalue weighted by molar-refractivity contribution is 5.94. The Morgan fingerprint density at radius 1 is 1.39 bits per heavy atom. The largest absolute Gasteiger partial charge is 0.416 e. The van der Waals surface area contributed by atoms with E-state index < -0.39 is 11.7 Å². The molecule has 1 amide bonds. The molecule has 18 heavy (non-hydrogen) atoms. The molecular formula is C12H13F3N2O. The molecule has 0 radical (unpaired) electrons. The molecule has 0 heterocycles. The average molecular weight is 258 g/mol. The minimum absolute atomic E-state index is 0.0750. The first kappa shape index (κ1) is 12.7. The normalized spacial score (nSPS) is 15.5. The Morgan fingerprint density at radius 3 is 2.56 bits per heavy atom. The molecule has 1 aliphatic carbocycles. The van der Waals surface area contributed by atoms with Gasteiger partial charge in [0.25, 0.3) is 0 Å². The number of nitrogen functional groups attached to an aromatic ring is 1. The molecule has 6 heteroatoms. The maximum Gasteiger partial charge on any atom is 0.416 e. The lowest BCUT2D eigenvalue weighted by molar-refractivity contribution is -0.137. The highest BCUT2D eigenvalue weighted by Crippen LogP contribution is 2.34. The summed E-state index contributed by atoms with van der Waals surface area (Å²) in [6.45, 7) is 0. The highest BCUT2D eigenvalue weighted by Gasteiger charge is 2.31.